The first kappa shape index (κ1) is 7.98. The van der Waals surface area contributed by atoms with Gasteiger partial charge in [0.1, 0.15) is 0 Å². The second-order valence-electron chi connectivity index (χ2n) is 2.82. The van der Waals surface area contributed by atoms with Crippen molar-refractivity contribution in [2.45, 2.75) is 12.5 Å². The van der Waals surface area contributed by atoms with E-state index in [0.717, 1.165) is 26.1 Å². The summed E-state index contributed by atoms with van der Waals surface area (Å²) in [6.07, 6.45) is 1.37. The molecule has 1 aliphatic heterocycles. The molecule has 3 nitrogen and oxygen atoms in total. The van der Waals surface area contributed by atoms with E-state index in [1.807, 2.05) is 0 Å². The Morgan fingerprint density at radius 2 is 2.40 bits per heavy atom. The van der Waals surface area contributed by atoms with Crippen LogP contribution < -0.4 is 5.73 Å². The maximum Gasteiger partial charge on any atom is 0.0710 e. The van der Waals surface area contributed by atoms with E-state index in [-0.39, 0.29) is 0 Å². The fourth-order valence-electron chi connectivity index (χ4n) is 1.12. The first-order valence-corrected chi connectivity index (χ1v) is 3.83. The van der Waals surface area contributed by atoms with Crippen LogP contribution in [0, 0.1) is 0 Å². The molecule has 0 saturated carbocycles. The zero-order chi connectivity index (χ0) is 7.40. The zero-order valence-electron chi connectivity index (χ0n) is 6.55. The third kappa shape index (κ3) is 2.25. The molecule has 0 aromatic carbocycles. The molecule has 2 N–H and O–H groups in total. The topological polar surface area (TPSA) is 38.5 Å². The van der Waals surface area contributed by atoms with Crippen LogP contribution in [0.2, 0.25) is 0 Å². The Hall–Kier alpha value is -0.120. The highest BCUT2D eigenvalue weighted by Crippen LogP contribution is 2.02. The molecule has 0 amide bonds. The lowest BCUT2D eigenvalue weighted by atomic mass is 10.2. The third-order valence-electron chi connectivity index (χ3n) is 1.92. The molecular weight excluding hydrogens is 128 g/mol. The summed E-state index contributed by atoms with van der Waals surface area (Å²) >= 11 is 0. The van der Waals surface area contributed by atoms with Crippen molar-refractivity contribution in [3.8, 4) is 0 Å². The van der Waals surface area contributed by atoms with Crippen molar-refractivity contribution in [3.63, 3.8) is 0 Å². The van der Waals surface area contributed by atoms with E-state index in [2.05, 4.69) is 11.9 Å². The fraction of sp³-hybridized carbons (Fsp3) is 1.00. The molecule has 0 spiro atoms. The Morgan fingerprint density at radius 3 is 3.10 bits per heavy atom. The lowest BCUT2D eigenvalue weighted by molar-refractivity contribution is 0.0689. The first-order valence-electron chi connectivity index (χ1n) is 3.83. The Labute approximate surface area is 62.1 Å². The number of rotatable bonds is 1. The van der Waals surface area contributed by atoms with Crippen molar-refractivity contribution in [3.05, 3.63) is 0 Å². The largest absolute Gasteiger partial charge is 0.376 e. The summed E-state index contributed by atoms with van der Waals surface area (Å²) < 4.78 is 5.46. The SMILES string of the molecule is CN1CCOC(CN)CC1. The predicted octanol–water partition coefficient (Wildman–Crippen LogP) is -0.334. The molecule has 0 aliphatic carbocycles. The second-order valence-corrected chi connectivity index (χ2v) is 2.82. The molecule has 0 aromatic rings. The molecule has 10 heavy (non-hydrogen) atoms. The van der Waals surface area contributed by atoms with Crippen molar-refractivity contribution in [2.75, 3.05) is 33.3 Å². The van der Waals surface area contributed by atoms with Gasteiger partial charge in [-0.1, -0.05) is 0 Å². The Balaban J connectivity index is 2.26. The van der Waals surface area contributed by atoms with Gasteiger partial charge in [-0.05, 0) is 13.5 Å². The number of nitrogens with two attached hydrogens (primary N) is 1. The third-order valence-corrected chi connectivity index (χ3v) is 1.92. The molecule has 1 unspecified atom stereocenters. The predicted molar refractivity (Wildman–Crippen MR) is 40.9 cm³/mol. The number of hydrogen-bond acceptors (Lipinski definition) is 3. The van der Waals surface area contributed by atoms with Crippen LogP contribution >= 0.6 is 0 Å². The maximum atomic E-state index is 5.47. The molecule has 0 radical (unpaired) electrons. The average Bonchev–Trinajstić information content (AvgIpc) is 2.14. The normalized spacial score (nSPS) is 30.0. The molecule has 1 saturated heterocycles. The van der Waals surface area contributed by atoms with Crippen molar-refractivity contribution in [1.29, 1.82) is 0 Å². The zero-order valence-corrected chi connectivity index (χ0v) is 6.55. The molecule has 1 rings (SSSR count). The summed E-state index contributed by atoms with van der Waals surface area (Å²) in [5.74, 6) is 0. The van der Waals surface area contributed by atoms with E-state index < -0.39 is 0 Å². The van der Waals surface area contributed by atoms with Gasteiger partial charge in [0.05, 0.1) is 12.7 Å². The minimum atomic E-state index is 0.296. The van der Waals surface area contributed by atoms with Gasteiger partial charge in [0.15, 0.2) is 0 Å². The minimum absolute atomic E-state index is 0.296. The second kappa shape index (κ2) is 3.91. The summed E-state index contributed by atoms with van der Waals surface area (Å²) in [4.78, 5) is 2.27. The molecule has 0 aromatic heterocycles. The van der Waals surface area contributed by atoms with Crippen molar-refractivity contribution in [2.24, 2.45) is 5.73 Å². The lowest BCUT2D eigenvalue weighted by Crippen LogP contribution is -2.24. The standard InChI is InChI=1S/C7H16N2O/c1-9-3-2-7(6-8)10-5-4-9/h7H,2-6,8H2,1H3. The van der Waals surface area contributed by atoms with Gasteiger partial charge < -0.3 is 15.4 Å². The van der Waals surface area contributed by atoms with E-state index in [4.69, 9.17) is 10.5 Å². The van der Waals surface area contributed by atoms with E-state index >= 15 is 0 Å². The van der Waals surface area contributed by atoms with Crippen molar-refractivity contribution < 1.29 is 4.74 Å². The summed E-state index contributed by atoms with van der Waals surface area (Å²) in [6, 6.07) is 0. The van der Waals surface area contributed by atoms with E-state index in [1.165, 1.54) is 0 Å². The Bertz CT molecular complexity index is 97.6. The van der Waals surface area contributed by atoms with Gasteiger partial charge in [-0.25, -0.2) is 0 Å². The molecule has 1 fully saturated rings. The van der Waals surface area contributed by atoms with Crippen LogP contribution in [0.15, 0.2) is 0 Å². The van der Waals surface area contributed by atoms with Crippen LogP contribution in [-0.4, -0.2) is 44.3 Å². The summed E-state index contributed by atoms with van der Waals surface area (Å²) in [7, 11) is 2.11. The van der Waals surface area contributed by atoms with Crippen LogP contribution in [0.1, 0.15) is 6.42 Å². The Morgan fingerprint density at radius 1 is 1.60 bits per heavy atom. The lowest BCUT2D eigenvalue weighted by Gasteiger charge is -2.11. The Kier molecular flexibility index (Phi) is 3.12. The van der Waals surface area contributed by atoms with E-state index in [9.17, 15) is 0 Å². The average molecular weight is 144 g/mol. The fourth-order valence-corrected chi connectivity index (χ4v) is 1.12. The molecule has 60 valence electrons. The highest BCUT2D eigenvalue weighted by atomic mass is 16.5. The van der Waals surface area contributed by atoms with Crippen LogP contribution in [0.3, 0.4) is 0 Å². The molecule has 1 aliphatic rings. The van der Waals surface area contributed by atoms with Crippen molar-refractivity contribution in [1.82, 2.24) is 4.90 Å². The van der Waals surface area contributed by atoms with Crippen LogP contribution in [-0.2, 0) is 4.74 Å². The molecule has 0 bridgehead atoms. The quantitative estimate of drug-likeness (QED) is 0.547. The van der Waals surface area contributed by atoms with Gasteiger partial charge in [-0.2, -0.15) is 0 Å². The van der Waals surface area contributed by atoms with E-state index in [1.54, 1.807) is 0 Å². The van der Waals surface area contributed by atoms with Gasteiger partial charge in [0, 0.05) is 19.6 Å². The van der Waals surface area contributed by atoms with Gasteiger partial charge in [-0.15, -0.1) is 0 Å². The highest BCUT2D eigenvalue weighted by Gasteiger charge is 2.12. The summed E-state index contributed by atoms with van der Waals surface area (Å²) in [5, 5.41) is 0. The van der Waals surface area contributed by atoms with Gasteiger partial charge in [-0.3, -0.25) is 0 Å². The molecular formula is C7H16N2O. The smallest absolute Gasteiger partial charge is 0.0710 e. The molecule has 1 atom stereocenters. The van der Waals surface area contributed by atoms with Gasteiger partial charge in [0.2, 0.25) is 0 Å². The van der Waals surface area contributed by atoms with Crippen LogP contribution in [0.25, 0.3) is 0 Å². The van der Waals surface area contributed by atoms with E-state index in [0.29, 0.717) is 12.6 Å². The summed E-state index contributed by atoms with van der Waals surface area (Å²) in [5.41, 5.74) is 5.47. The number of likely N-dealkylation sites (N-methyl/N-ethyl adjacent to an activating group) is 1. The highest BCUT2D eigenvalue weighted by molar-refractivity contribution is 4.65. The van der Waals surface area contributed by atoms with Crippen LogP contribution in [0.4, 0.5) is 0 Å². The molecule has 1 heterocycles. The number of nitrogens with zero attached hydrogens (tertiary/aromatic N) is 1. The maximum absolute atomic E-state index is 5.47. The summed E-state index contributed by atoms with van der Waals surface area (Å²) in [6.45, 7) is 3.64. The minimum Gasteiger partial charge on any atom is -0.376 e. The van der Waals surface area contributed by atoms with Gasteiger partial charge >= 0.3 is 0 Å². The monoisotopic (exact) mass is 144 g/mol. The van der Waals surface area contributed by atoms with Gasteiger partial charge in [0.25, 0.3) is 0 Å². The first-order chi connectivity index (χ1) is 4.83. The van der Waals surface area contributed by atoms with Crippen molar-refractivity contribution >= 4 is 0 Å². The van der Waals surface area contributed by atoms with Crippen LogP contribution in [0.5, 0.6) is 0 Å². The number of hydrogen-bond donors (Lipinski definition) is 1. The number of ether oxygens (including phenoxy) is 1. The molecule has 3 heteroatoms.